The number of carbonyl (C=O) groups excluding carboxylic acids is 1. The first-order chi connectivity index (χ1) is 14.8. The van der Waals surface area contributed by atoms with Gasteiger partial charge in [-0.15, -0.1) is 0 Å². The van der Waals surface area contributed by atoms with Gasteiger partial charge in [-0.3, -0.25) is 9.48 Å². The van der Waals surface area contributed by atoms with Crippen molar-refractivity contribution >= 4 is 21.6 Å². The Labute approximate surface area is 180 Å². The summed E-state index contributed by atoms with van der Waals surface area (Å²) >= 11 is 0. The Kier molecular flexibility index (Phi) is 6.88. The number of amides is 1. The molecule has 1 heterocycles. The second-order valence-corrected chi connectivity index (χ2v) is 8.30. The minimum absolute atomic E-state index is 0.0149. The van der Waals surface area contributed by atoms with Crippen LogP contribution in [0.3, 0.4) is 0 Å². The fourth-order valence-electron chi connectivity index (χ4n) is 2.80. The van der Waals surface area contributed by atoms with E-state index in [1.807, 2.05) is 6.07 Å². The molecule has 1 amide bonds. The number of sulfonamides is 1. The van der Waals surface area contributed by atoms with Crippen LogP contribution in [0.2, 0.25) is 0 Å². The van der Waals surface area contributed by atoms with E-state index >= 15 is 0 Å². The minimum atomic E-state index is -3.81. The fraction of sp³-hybridized carbons (Fsp3) is 0.250. The normalized spacial score (nSPS) is 11.2. The lowest BCUT2D eigenvalue weighted by atomic mass is 10.2. The Morgan fingerprint density at radius 2 is 1.87 bits per heavy atom. The van der Waals surface area contributed by atoms with Crippen LogP contribution < -0.4 is 19.5 Å². The van der Waals surface area contributed by atoms with Crippen LogP contribution >= 0.6 is 0 Å². The molecule has 11 heteroatoms. The molecule has 0 spiro atoms. The Morgan fingerprint density at radius 3 is 2.55 bits per heavy atom. The SMILES string of the molecule is COc1ccc(S(=O)(=O)NCCC(=O)Nc2cccc(-c3ncn(C)n3)c2)cc1OC. The number of hydrogen-bond acceptors (Lipinski definition) is 7. The standard InChI is InChI=1S/C20H23N5O5S/c1-25-13-21-20(24-25)14-5-4-6-15(11-14)23-19(26)9-10-22-31(27,28)16-7-8-17(29-2)18(12-16)30-3/h4-8,11-13,22H,9-10H2,1-3H3,(H,23,26). The average Bonchev–Trinajstić information content (AvgIpc) is 3.19. The van der Waals surface area contributed by atoms with Crippen molar-refractivity contribution in [2.45, 2.75) is 11.3 Å². The van der Waals surface area contributed by atoms with E-state index in [2.05, 4.69) is 20.1 Å². The first kappa shape index (κ1) is 22.2. The summed E-state index contributed by atoms with van der Waals surface area (Å²) in [6.07, 6.45) is 1.55. The average molecular weight is 446 g/mol. The number of benzene rings is 2. The van der Waals surface area contributed by atoms with Crippen molar-refractivity contribution in [1.29, 1.82) is 0 Å². The van der Waals surface area contributed by atoms with Crippen LogP contribution in [-0.4, -0.2) is 49.9 Å². The molecule has 0 aliphatic heterocycles. The zero-order chi connectivity index (χ0) is 22.4. The molecule has 0 fully saturated rings. The summed E-state index contributed by atoms with van der Waals surface area (Å²) in [6, 6.07) is 11.4. The molecule has 3 rings (SSSR count). The van der Waals surface area contributed by atoms with Crippen LogP contribution in [-0.2, 0) is 21.9 Å². The molecule has 0 saturated heterocycles. The van der Waals surface area contributed by atoms with E-state index in [1.165, 1.54) is 32.4 Å². The molecule has 31 heavy (non-hydrogen) atoms. The van der Waals surface area contributed by atoms with Crippen molar-refractivity contribution in [3.05, 3.63) is 48.8 Å². The van der Waals surface area contributed by atoms with Gasteiger partial charge in [0.2, 0.25) is 15.9 Å². The zero-order valence-electron chi connectivity index (χ0n) is 17.3. The van der Waals surface area contributed by atoms with Crippen LogP contribution in [0.15, 0.2) is 53.7 Å². The van der Waals surface area contributed by atoms with Gasteiger partial charge in [-0.05, 0) is 24.3 Å². The lowest BCUT2D eigenvalue weighted by Crippen LogP contribution is -2.27. The van der Waals surface area contributed by atoms with E-state index in [9.17, 15) is 13.2 Å². The van der Waals surface area contributed by atoms with Gasteiger partial charge in [-0.2, -0.15) is 5.10 Å². The molecular weight excluding hydrogens is 422 g/mol. The largest absolute Gasteiger partial charge is 0.493 e. The van der Waals surface area contributed by atoms with Crippen molar-refractivity contribution in [2.75, 3.05) is 26.1 Å². The molecule has 10 nitrogen and oxygen atoms in total. The van der Waals surface area contributed by atoms with Gasteiger partial charge in [0.05, 0.1) is 19.1 Å². The van der Waals surface area contributed by atoms with Crippen molar-refractivity contribution in [1.82, 2.24) is 19.5 Å². The summed E-state index contributed by atoms with van der Waals surface area (Å²) in [5.41, 5.74) is 1.32. The molecule has 0 atom stereocenters. The number of nitrogens with zero attached hydrogens (tertiary/aromatic N) is 3. The van der Waals surface area contributed by atoms with E-state index < -0.39 is 10.0 Å². The highest BCUT2D eigenvalue weighted by molar-refractivity contribution is 7.89. The number of carbonyl (C=O) groups is 1. The Hall–Kier alpha value is -3.44. The van der Waals surface area contributed by atoms with E-state index in [4.69, 9.17) is 9.47 Å². The van der Waals surface area contributed by atoms with Crippen molar-refractivity contribution in [3.8, 4) is 22.9 Å². The molecule has 0 unspecified atom stereocenters. The van der Waals surface area contributed by atoms with Crippen LogP contribution in [0.1, 0.15) is 6.42 Å². The minimum Gasteiger partial charge on any atom is -0.493 e. The van der Waals surface area contributed by atoms with Crippen LogP contribution in [0, 0.1) is 0 Å². The second-order valence-electron chi connectivity index (χ2n) is 6.54. The van der Waals surface area contributed by atoms with Crippen molar-refractivity contribution in [2.24, 2.45) is 7.05 Å². The molecule has 3 aromatic rings. The number of ether oxygens (including phenoxy) is 2. The number of rotatable bonds is 9. The van der Waals surface area contributed by atoms with Gasteiger partial charge in [0, 0.05) is 37.3 Å². The molecule has 1 aromatic heterocycles. The highest BCUT2D eigenvalue weighted by Gasteiger charge is 2.17. The van der Waals surface area contributed by atoms with Crippen molar-refractivity contribution < 1.29 is 22.7 Å². The lowest BCUT2D eigenvalue weighted by molar-refractivity contribution is -0.116. The third kappa shape index (κ3) is 5.58. The molecule has 0 aliphatic rings. The Morgan fingerprint density at radius 1 is 1.10 bits per heavy atom. The third-order valence-corrected chi connectivity index (χ3v) is 5.77. The number of aryl methyl sites for hydroxylation is 1. The van der Waals surface area contributed by atoms with Gasteiger partial charge in [0.25, 0.3) is 0 Å². The lowest BCUT2D eigenvalue weighted by Gasteiger charge is -2.11. The molecule has 0 aliphatic carbocycles. The highest BCUT2D eigenvalue weighted by atomic mass is 32.2. The monoisotopic (exact) mass is 445 g/mol. The number of aromatic nitrogens is 3. The fourth-order valence-corrected chi connectivity index (χ4v) is 3.84. The highest BCUT2D eigenvalue weighted by Crippen LogP contribution is 2.29. The Bertz CT molecular complexity index is 1180. The summed E-state index contributed by atoms with van der Waals surface area (Å²) < 4.78 is 39.2. The summed E-state index contributed by atoms with van der Waals surface area (Å²) in [5.74, 6) is 0.928. The van der Waals surface area contributed by atoms with E-state index in [0.29, 0.717) is 23.0 Å². The van der Waals surface area contributed by atoms with E-state index in [1.54, 1.807) is 36.3 Å². The topological polar surface area (TPSA) is 124 Å². The van der Waals surface area contributed by atoms with Gasteiger partial charge < -0.3 is 14.8 Å². The van der Waals surface area contributed by atoms with Gasteiger partial charge >= 0.3 is 0 Å². The zero-order valence-corrected chi connectivity index (χ0v) is 18.1. The summed E-state index contributed by atoms with van der Waals surface area (Å²) in [5, 5.41) is 6.97. The van der Waals surface area contributed by atoms with Crippen LogP contribution in [0.4, 0.5) is 5.69 Å². The molecule has 164 valence electrons. The van der Waals surface area contributed by atoms with E-state index in [-0.39, 0.29) is 23.8 Å². The summed E-state index contributed by atoms with van der Waals surface area (Å²) in [6.45, 7) is -0.0655. The molecule has 0 bridgehead atoms. The molecule has 0 saturated carbocycles. The predicted molar refractivity (Wildman–Crippen MR) is 114 cm³/mol. The Balaban J connectivity index is 1.58. The summed E-state index contributed by atoms with van der Waals surface area (Å²) in [7, 11) is 0.843. The van der Waals surface area contributed by atoms with Gasteiger partial charge in [-0.25, -0.2) is 18.1 Å². The summed E-state index contributed by atoms with van der Waals surface area (Å²) in [4.78, 5) is 16.4. The first-order valence-electron chi connectivity index (χ1n) is 9.30. The van der Waals surface area contributed by atoms with Gasteiger partial charge in [0.15, 0.2) is 17.3 Å². The maximum absolute atomic E-state index is 12.5. The number of hydrogen-bond donors (Lipinski definition) is 2. The third-order valence-electron chi connectivity index (χ3n) is 4.31. The smallest absolute Gasteiger partial charge is 0.240 e. The molecule has 2 aromatic carbocycles. The molecule has 0 radical (unpaired) electrons. The van der Waals surface area contributed by atoms with Gasteiger partial charge in [-0.1, -0.05) is 12.1 Å². The number of methoxy groups -OCH3 is 2. The predicted octanol–water partition coefficient (Wildman–Crippen LogP) is 1.81. The first-order valence-corrected chi connectivity index (χ1v) is 10.8. The van der Waals surface area contributed by atoms with Crippen LogP contribution in [0.5, 0.6) is 11.5 Å². The van der Waals surface area contributed by atoms with E-state index in [0.717, 1.165) is 5.56 Å². The second kappa shape index (κ2) is 9.58. The quantitative estimate of drug-likeness (QED) is 0.515. The maximum atomic E-state index is 12.5. The van der Waals surface area contributed by atoms with Crippen molar-refractivity contribution in [3.63, 3.8) is 0 Å². The maximum Gasteiger partial charge on any atom is 0.240 e. The number of nitrogens with one attached hydrogen (secondary N) is 2. The van der Waals surface area contributed by atoms with Crippen LogP contribution in [0.25, 0.3) is 11.4 Å². The molecule has 2 N–H and O–H groups in total. The van der Waals surface area contributed by atoms with Gasteiger partial charge in [0.1, 0.15) is 6.33 Å². The molecular formula is C20H23N5O5S. The number of anilines is 1.